The molecule has 0 amide bonds. The van der Waals surface area contributed by atoms with Crippen LogP contribution in [0.25, 0.3) is 0 Å². The Kier molecular flexibility index (Phi) is 3.44. The molecule has 0 heterocycles. The van der Waals surface area contributed by atoms with E-state index in [2.05, 4.69) is 5.32 Å². The first kappa shape index (κ1) is 12.3. The molecule has 18 heavy (non-hydrogen) atoms. The molecule has 6 nitrogen and oxygen atoms in total. The summed E-state index contributed by atoms with van der Waals surface area (Å²) in [6.45, 7) is 0. The third kappa shape index (κ3) is 2.41. The highest BCUT2D eigenvalue weighted by Crippen LogP contribution is 2.31. The Hall–Kier alpha value is -2.13. The normalized spacial score (nSPS) is 21.8. The fourth-order valence-corrected chi connectivity index (χ4v) is 1.98. The smallest absolute Gasteiger partial charge is 0.292 e. The van der Waals surface area contributed by atoms with Crippen LogP contribution in [0.4, 0.5) is 11.4 Å². The van der Waals surface area contributed by atoms with Gasteiger partial charge in [-0.1, -0.05) is 0 Å². The number of ether oxygens (including phenoxy) is 1. The highest BCUT2D eigenvalue weighted by atomic mass is 16.6. The summed E-state index contributed by atoms with van der Waals surface area (Å²) in [5, 5.41) is 22.8. The van der Waals surface area contributed by atoms with E-state index in [-0.39, 0.29) is 17.8 Å². The zero-order chi connectivity index (χ0) is 13.1. The van der Waals surface area contributed by atoms with Gasteiger partial charge in [-0.25, -0.2) is 0 Å². The van der Waals surface area contributed by atoms with Crippen molar-refractivity contribution in [3.05, 3.63) is 33.9 Å². The van der Waals surface area contributed by atoms with Gasteiger partial charge < -0.3 is 10.1 Å². The standard InChI is InChI=1S/C12H13N3O3/c1-18-10-5-9(6-10)14-11-4-8(7-13)2-3-12(11)15(16)17/h2-4,9-10,14H,5-6H2,1H3/t9-,10+. The van der Waals surface area contributed by atoms with E-state index in [9.17, 15) is 10.1 Å². The molecule has 1 aromatic carbocycles. The van der Waals surface area contributed by atoms with Crippen LogP contribution in [0.1, 0.15) is 18.4 Å². The summed E-state index contributed by atoms with van der Waals surface area (Å²) in [7, 11) is 1.65. The summed E-state index contributed by atoms with van der Waals surface area (Å²) in [4.78, 5) is 10.4. The van der Waals surface area contributed by atoms with Gasteiger partial charge >= 0.3 is 0 Å². The van der Waals surface area contributed by atoms with E-state index in [1.165, 1.54) is 18.2 Å². The molecule has 94 valence electrons. The molecule has 0 saturated heterocycles. The molecule has 1 N–H and O–H groups in total. The lowest BCUT2D eigenvalue weighted by atomic mass is 9.89. The molecular weight excluding hydrogens is 234 g/mol. The quantitative estimate of drug-likeness (QED) is 0.649. The molecule has 1 fully saturated rings. The number of nitro groups is 1. The lowest BCUT2D eigenvalue weighted by Gasteiger charge is -2.35. The van der Waals surface area contributed by atoms with Gasteiger partial charge in [-0.2, -0.15) is 5.26 Å². The topological polar surface area (TPSA) is 88.2 Å². The summed E-state index contributed by atoms with van der Waals surface area (Å²) in [6, 6.07) is 6.46. The van der Waals surface area contributed by atoms with Gasteiger partial charge in [-0.3, -0.25) is 10.1 Å². The van der Waals surface area contributed by atoms with Gasteiger partial charge in [0.15, 0.2) is 0 Å². The van der Waals surface area contributed by atoms with Crippen LogP contribution in [0.3, 0.4) is 0 Å². The number of nitriles is 1. The molecule has 0 atom stereocenters. The number of hydrogen-bond acceptors (Lipinski definition) is 5. The summed E-state index contributed by atoms with van der Waals surface area (Å²) in [5.41, 5.74) is 0.805. The third-order valence-electron chi connectivity index (χ3n) is 3.11. The molecule has 1 aliphatic carbocycles. The zero-order valence-corrected chi connectivity index (χ0v) is 9.92. The molecule has 0 aliphatic heterocycles. The van der Waals surface area contributed by atoms with Gasteiger partial charge in [0.25, 0.3) is 5.69 Å². The monoisotopic (exact) mass is 247 g/mol. The first-order chi connectivity index (χ1) is 8.63. The van der Waals surface area contributed by atoms with E-state index < -0.39 is 4.92 Å². The van der Waals surface area contributed by atoms with Crippen LogP contribution in [-0.2, 0) is 4.74 Å². The second-order valence-corrected chi connectivity index (χ2v) is 4.27. The Bertz CT molecular complexity index is 504. The van der Waals surface area contributed by atoms with E-state index in [1.807, 2.05) is 6.07 Å². The van der Waals surface area contributed by atoms with E-state index in [0.717, 1.165) is 12.8 Å². The summed E-state index contributed by atoms with van der Waals surface area (Å²) in [5.74, 6) is 0. The molecule has 0 aromatic heterocycles. The zero-order valence-electron chi connectivity index (χ0n) is 9.92. The predicted molar refractivity (Wildman–Crippen MR) is 65.3 cm³/mol. The Balaban J connectivity index is 2.15. The molecule has 0 radical (unpaired) electrons. The summed E-state index contributed by atoms with van der Waals surface area (Å²) in [6.07, 6.45) is 1.87. The van der Waals surface area contributed by atoms with Crippen molar-refractivity contribution in [3.8, 4) is 6.07 Å². The molecule has 0 unspecified atom stereocenters. The van der Waals surface area contributed by atoms with Crippen LogP contribution < -0.4 is 5.32 Å². The first-order valence-electron chi connectivity index (χ1n) is 5.62. The third-order valence-corrected chi connectivity index (χ3v) is 3.11. The number of nitrogens with one attached hydrogen (secondary N) is 1. The van der Waals surface area contributed by atoms with Crippen molar-refractivity contribution in [2.45, 2.75) is 25.0 Å². The fourth-order valence-electron chi connectivity index (χ4n) is 1.98. The largest absolute Gasteiger partial charge is 0.381 e. The van der Waals surface area contributed by atoms with E-state index >= 15 is 0 Å². The molecule has 1 saturated carbocycles. The lowest BCUT2D eigenvalue weighted by Crippen LogP contribution is -2.40. The Morgan fingerprint density at radius 2 is 2.28 bits per heavy atom. The number of benzene rings is 1. The van der Waals surface area contributed by atoms with Crippen LogP contribution in [-0.4, -0.2) is 24.2 Å². The number of anilines is 1. The maximum absolute atomic E-state index is 10.9. The molecule has 1 aromatic rings. The molecule has 0 spiro atoms. The van der Waals surface area contributed by atoms with Crippen molar-refractivity contribution in [3.63, 3.8) is 0 Å². The molecular formula is C12H13N3O3. The van der Waals surface area contributed by atoms with Crippen molar-refractivity contribution in [1.82, 2.24) is 0 Å². The van der Waals surface area contributed by atoms with Crippen molar-refractivity contribution in [2.24, 2.45) is 0 Å². The van der Waals surface area contributed by atoms with Crippen LogP contribution >= 0.6 is 0 Å². The Morgan fingerprint density at radius 3 is 2.83 bits per heavy atom. The minimum Gasteiger partial charge on any atom is -0.381 e. The van der Waals surface area contributed by atoms with Crippen molar-refractivity contribution < 1.29 is 9.66 Å². The number of hydrogen-bond donors (Lipinski definition) is 1. The maximum Gasteiger partial charge on any atom is 0.292 e. The minimum atomic E-state index is -0.448. The number of nitro benzene ring substituents is 1. The average Bonchev–Trinajstić information content (AvgIpc) is 2.32. The second-order valence-electron chi connectivity index (χ2n) is 4.27. The Morgan fingerprint density at radius 1 is 1.56 bits per heavy atom. The number of rotatable bonds is 4. The first-order valence-corrected chi connectivity index (χ1v) is 5.62. The van der Waals surface area contributed by atoms with Gasteiger partial charge in [-0.05, 0) is 25.0 Å². The van der Waals surface area contributed by atoms with E-state index in [0.29, 0.717) is 11.3 Å². The predicted octanol–water partition coefficient (Wildman–Crippen LogP) is 2.06. The van der Waals surface area contributed by atoms with Crippen LogP contribution in [0, 0.1) is 21.4 Å². The van der Waals surface area contributed by atoms with Crippen LogP contribution in [0.5, 0.6) is 0 Å². The molecule has 6 heteroatoms. The van der Waals surface area contributed by atoms with Crippen molar-refractivity contribution >= 4 is 11.4 Å². The van der Waals surface area contributed by atoms with Gasteiger partial charge in [0.2, 0.25) is 0 Å². The molecule has 0 bridgehead atoms. The van der Waals surface area contributed by atoms with Gasteiger partial charge in [0.1, 0.15) is 5.69 Å². The second kappa shape index (κ2) is 5.02. The number of methoxy groups -OCH3 is 1. The number of nitrogens with zero attached hydrogens (tertiary/aromatic N) is 2. The summed E-state index contributed by atoms with van der Waals surface area (Å²) < 4.78 is 5.15. The maximum atomic E-state index is 10.9. The van der Waals surface area contributed by atoms with Crippen molar-refractivity contribution in [2.75, 3.05) is 12.4 Å². The lowest BCUT2D eigenvalue weighted by molar-refractivity contribution is -0.384. The summed E-state index contributed by atoms with van der Waals surface area (Å²) >= 11 is 0. The minimum absolute atomic E-state index is 0.00475. The van der Waals surface area contributed by atoms with Gasteiger partial charge in [0.05, 0.1) is 22.7 Å². The van der Waals surface area contributed by atoms with E-state index in [4.69, 9.17) is 10.00 Å². The molecule has 2 rings (SSSR count). The van der Waals surface area contributed by atoms with Crippen LogP contribution in [0.15, 0.2) is 18.2 Å². The van der Waals surface area contributed by atoms with E-state index in [1.54, 1.807) is 7.11 Å². The molecule has 1 aliphatic rings. The van der Waals surface area contributed by atoms with Crippen LogP contribution in [0.2, 0.25) is 0 Å². The fraction of sp³-hybridized carbons (Fsp3) is 0.417. The highest BCUT2D eigenvalue weighted by molar-refractivity contribution is 5.64. The van der Waals surface area contributed by atoms with Crippen molar-refractivity contribution in [1.29, 1.82) is 5.26 Å². The van der Waals surface area contributed by atoms with Gasteiger partial charge in [-0.15, -0.1) is 0 Å². The average molecular weight is 247 g/mol. The highest BCUT2D eigenvalue weighted by Gasteiger charge is 2.30. The Labute approximate surface area is 104 Å². The van der Waals surface area contributed by atoms with Gasteiger partial charge in [0, 0.05) is 19.2 Å². The SMILES string of the molecule is CO[C@H]1C[C@@H](Nc2cc(C#N)ccc2[N+](=O)[O-])C1.